The van der Waals surface area contributed by atoms with Crippen LogP contribution in [-0.2, 0) is 11.2 Å². The van der Waals surface area contributed by atoms with Crippen LogP contribution in [0.3, 0.4) is 0 Å². The molecule has 1 amide bonds. The van der Waals surface area contributed by atoms with Crippen LogP contribution in [0.25, 0.3) is 4.96 Å². The van der Waals surface area contributed by atoms with Crippen molar-refractivity contribution in [2.24, 2.45) is 0 Å². The Labute approximate surface area is 175 Å². The van der Waals surface area contributed by atoms with Gasteiger partial charge < -0.3 is 10.0 Å². The molecular formula is C19H22BrN5O2S. The largest absolute Gasteiger partial charge is 0.492 e. The van der Waals surface area contributed by atoms with Gasteiger partial charge in [0.25, 0.3) is 0 Å². The van der Waals surface area contributed by atoms with Gasteiger partial charge in [0.15, 0.2) is 5.82 Å². The monoisotopic (exact) mass is 463 g/mol. The Hall–Kier alpha value is -1.97. The molecule has 0 unspecified atom stereocenters. The summed E-state index contributed by atoms with van der Waals surface area (Å²) >= 11 is 4.97. The SMILES string of the molecule is CCc1nc2sc([C@@H](c3ccc(Br)cc3)N3CCN(C(C)=O)CC3)c(O)n2n1. The molecular weight excluding hydrogens is 442 g/mol. The number of aromatic hydroxyl groups is 1. The average molecular weight is 464 g/mol. The predicted octanol–water partition coefficient (Wildman–Crippen LogP) is 3.07. The number of hydrogen-bond acceptors (Lipinski definition) is 6. The van der Waals surface area contributed by atoms with Crippen LogP contribution >= 0.6 is 27.3 Å². The number of carbonyl (C=O) groups excluding carboxylic acids is 1. The normalized spacial score (nSPS) is 16.6. The standard InChI is InChI=1S/C19H22BrN5O2S/c1-3-15-21-19-25(22-15)18(27)17(28-19)16(13-4-6-14(20)7-5-13)24-10-8-23(9-11-24)12(2)26/h4-7,16,27H,3,8-11H2,1-2H3/t16-/m1/s1. The Morgan fingerprint density at radius 3 is 2.50 bits per heavy atom. The molecule has 0 radical (unpaired) electrons. The van der Waals surface area contributed by atoms with E-state index in [1.165, 1.54) is 15.9 Å². The van der Waals surface area contributed by atoms with Gasteiger partial charge in [-0.2, -0.15) is 4.52 Å². The number of nitrogens with zero attached hydrogens (tertiary/aromatic N) is 5. The summed E-state index contributed by atoms with van der Waals surface area (Å²) in [5, 5.41) is 15.3. The molecule has 1 saturated heterocycles. The van der Waals surface area contributed by atoms with Gasteiger partial charge in [0.1, 0.15) is 0 Å². The summed E-state index contributed by atoms with van der Waals surface area (Å²) in [5.41, 5.74) is 1.09. The highest BCUT2D eigenvalue weighted by atomic mass is 79.9. The van der Waals surface area contributed by atoms with Crippen LogP contribution in [0, 0.1) is 0 Å². The fourth-order valence-electron chi connectivity index (χ4n) is 3.59. The molecule has 9 heteroatoms. The fraction of sp³-hybridized carbons (Fsp3) is 0.421. The zero-order chi connectivity index (χ0) is 19.8. The van der Waals surface area contributed by atoms with E-state index in [9.17, 15) is 9.90 Å². The molecule has 7 nitrogen and oxygen atoms in total. The Balaban J connectivity index is 1.73. The summed E-state index contributed by atoms with van der Waals surface area (Å²) < 4.78 is 2.55. The molecule has 148 valence electrons. The van der Waals surface area contributed by atoms with Gasteiger partial charge >= 0.3 is 0 Å². The van der Waals surface area contributed by atoms with Crippen molar-refractivity contribution >= 4 is 38.1 Å². The number of thiazole rings is 1. The second-order valence-corrected chi connectivity index (χ2v) is 8.79. The van der Waals surface area contributed by atoms with E-state index in [4.69, 9.17) is 0 Å². The van der Waals surface area contributed by atoms with E-state index < -0.39 is 0 Å². The van der Waals surface area contributed by atoms with Crippen molar-refractivity contribution in [3.05, 3.63) is 45.0 Å². The zero-order valence-corrected chi connectivity index (χ0v) is 18.2. The molecule has 28 heavy (non-hydrogen) atoms. The Morgan fingerprint density at radius 2 is 1.93 bits per heavy atom. The molecule has 1 fully saturated rings. The number of aromatic nitrogens is 3. The second-order valence-electron chi connectivity index (χ2n) is 6.86. The van der Waals surface area contributed by atoms with Gasteiger partial charge in [-0.3, -0.25) is 9.69 Å². The molecule has 0 bridgehead atoms. The van der Waals surface area contributed by atoms with E-state index in [0.29, 0.717) is 18.1 Å². The maximum absolute atomic E-state index is 11.7. The predicted molar refractivity (Wildman–Crippen MR) is 112 cm³/mol. The number of amides is 1. The first-order valence-electron chi connectivity index (χ1n) is 9.30. The topological polar surface area (TPSA) is 74.0 Å². The third kappa shape index (κ3) is 3.54. The second kappa shape index (κ2) is 7.81. The molecule has 4 rings (SSSR count). The van der Waals surface area contributed by atoms with Crippen LogP contribution in [-0.4, -0.2) is 61.6 Å². The quantitative estimate of drug-likeness (QED) is 0.643. The maximum Gasteiger partial charge on any atom is 0.230 e. The van der Waals surface area contributed by atoms with E-state index in [1.54, 1.807) is 6.92 Å². The number of piperazine rings is 1. The minimum Gasteiger partial charge on any atom is -0.492 e. The van der Waals surface area contributed by atoms with Crippen molar-refractivity contribution in [2.75, 3.05) is 26.2 Å². The van der Waals surface area contributed by atoms with E-state index in [2.05, 4.69) is 43.0 Å². The minimum absolute atomic E-state index is 0.105. The summed E-state index contributed by atoms with van der Waals surface area (Å²) in [4.78, 5) is 21.9. The molecule has 1 N–H and O–H groups in total. The van der Waals surface area contributed by atoms with Crippen LogP contribution < -0.4 is 0 Å². The average Bonchev–Trinajstić information content (AvgIpc) is 3.23. The van der Waals surface area contributed by atoms with Gasteiger partial charge in [-0.25, -0.2) is 4.98 Å². The van der Waals surface area contributed by atoms with Gasteiger partial charge in [0, 0.05) is 44.0 Å². The molecule has 3 aromatic rings. The summed E-state index contributed by atoms with van der Waals surface area (Å²) in [6, 6.07) is 8.05. The highest BCUT2D eigenvalue weighted by Gasteiger charge is 2.32. The van der Waals surface area contributed by atoms with Crippen molar-refractivity contribution in [2.45, 2.75) is 26.3 Å². The Kier molecular flexibility index (Phi) is 5.39. The lowest BCUT2D eigenvalue weighted by Gasteiger charge is -2.38. The van der Waals surface area contributed by atoms with Crippen LogP contribution in [0.15, 0.2) is 28.7 Å². The molecule has 1 aromatic carbocycles. The van der Waals surface area contributed by atoms with Gasteiger partial charge in [-0.15, -0.1) is 5.10 Å². The highest BCUT2D eigenvalue weighted by molar-refractivity contribution is 9.10. The third-order valence-electron chi connectivity index (χ3n) is 5.12. The molecule has 0 aliphatic carbocycles. The van der Waals surface area contributed by atoms with Crippen molar-refractivity contribution < 1.29 is 9.90 Å². The molecule has 2 aromatic heterocycles. The summed E-state index contributed by atoms with van der Waals surface area (Å²) in [6.07, 6.45) is 0.728. The van der Waals surface area contributed by atoms with Crippen molar-refractivity contribution in [1.29, 1.82) is 0 Å². The van der Waals surface area contributed by atoms with Gasteiger partial charge in [-0.1, -0.05) is 46.3 Å². The summed E-state index contributed by atoms with van der Waals surface area (Å²) in [5.74, 6) is 0.978. The van der Waals surface area contributed by atoms with Gasteiger partial charge in [0.05, 0.1) is 10.9 Å². The number of aryl methyl sites for hydroxylation is 1. The summed E-state index contributed by atoms with van der Waals surface area (Å²) in [7, 11) is 0. The van der Waals surface area contributed by atoms with Crippen LogP contribution in [0.2, 0.25) is 0 Å². The van der Waals surface area contributed by atoms with Crippen molar-refractivity contribution in [1.82, 2.24) is 24.4 Å². The van der Waals surface area contributed by atoms with E-state index in [-0.39, 0.29) is 17.8 Å². The van der Waals surface area contributed by atoms with Crippen LogP contribution in [0.4, 0.5) is 0 Å². The lowest BCUT2D eigenvalue weighted by atomic mass is 10.0. The lowest BCUT2D eigenvalue weighted by molar-refractivity contribution is -0.130. The first kappa shape index (κ1) is 19.4. The first-order valence-corrected chi connectivity index (χ1v) is 10.9. The number of hydrogen-bond donors (Lipinski definition) is 1. The minimum atomic E-state index is -0.110. The number of fused-ring (bicyclic) bond motifs is 1. The lowest BCUT2D eigenvalue weighted by Crippen LogP contribution is -2.49. The Bertz CT molecular complexity index is 992. The molecule has 0 saturated carbocycles. The van der Waals surface area contributed by atoms with Crippen molar-refractivity contribution in [3.8, 4) is 5.88 Å². The number of benzene rings is 1. The maximum atomic E-state index is 11.7. The van der Waals surface area contributed by atoms with Crippen LogP contribution in [0.5, 0.6) is 5.88 Å². The highest BCUT2D eigenvalue weighted by Crippen LogP contribution is 2.40. The smallest absolute Gasteiger partial charge is 0.230 e. The van der Waals surface area contributed by atoms with E-state index >= 15 is 0 Å². The van der Waals surface area contributed by atoms with Crippen molar-refractivity contribution in [3.63, 3.8) is 0 Å². The number of halogens is 1. The van der Waals surface area contributed by atoms with Gasteiger partial charge in [-0.05, 0) is 17.7 Å². The zero-order valence-electron chi connectivity index (χ0n) is 15.8. The molecule has 0 spiro atoms. The molecule has 1 aliphatic heterocycles. The van der Waals surface area contributed by atoms with Crippen LogP contribution in [0.1, 0.15) is 36.2 Å². The first-order chi connectivity index (χ1) is 13.5. The van der Waals surface area contributed by atoms with Gasteiger partial charge in [0.2, 0.25) is 16.7 Å². The third-order valence-corrected chi connectivity index (χ3v) is 6.72. The fourth-order valence-corrected chi connectivity index (χ4v) is 4.99. The number of rotatable bonds is 4. The number of carbonyl (C=O) groups is 1. The Morgan fingerprint density at radius 1 is 1.25 bits per heavy atom. The van der Waals surface area contributed by atoms with E-state index in [1.807, 2.05) is 24.0 Å². The molecule has 1 aliphatic rings. The molecule has 1 atom stereocenters. The summed E-state index contributed by atoms with van der Waals surface area (Å²) in [6.45, 7) is 6.46. The molecule has 3 heterocycles. The van der Waals surface area contributed by atoms with E-state index in [0.717, 1.165) is 40.2 Å².